The highest BCUT2D eigenvalue weighted by Crippen LogP contribution is 2.12. The lowest BCUT2D eigenvalue weighted by Crippen LogP contribution is -2.36. The largest absolute Gasteiger partial charge is 0.383 e. The lowest BCUT2D eigenvalue weighted by Gasteiger charge is -2.27. The zero-order chi connectivity index (χ0) is 12.6. The minimum absolute atomic E-state index is 0.735. The standard InChI is InChI=1S/C13H21N3O2/c1-17-7-4-14-10-12-2-3-13(15-11-12)16-5-8-18-9-6-16/h2-3,11,14H,4-10H2,1H3. The molecule has 1 aliphatic rings. The van der Waals surface area contributed by atoms with E-state index in [9.17, 15) is 0 Å². The highest BCUT2D eigenvalue weighted by Gasteiger charge is 2.11. The van der Waals surface area contributed by atoms with Crippen LogP contribution >= 0.6 is 0 Å². The molecule has 0 aromatic carbocycles. The highest BCUT2D eigenvalue weighted by atomic mass is 16.5. The summed E-state index contributed by atoms with van der Waals surface area (Å²) < 4.78 is 10.3. The van der Waals surface area contributed by atoms with Gasteiger partial charge in [0.2, 0.25) is 0 Å². The molecule has 1 aromatic heterocycles. The number of anilines is 1. The van der Waals surface area contributed by atoms with Crippen LogP contribution in [-0.4, -0.2) is 51.5 Å². The topological polar surface area (TPSA) is 46.6 Å². The first-order valence-electron chi connectivity index (χ1n) is 6.37. The summed E-state index contributed by atoms with van der Waals surface area (Å²) in [5.74, 6) is 1.04. The van der Waals surface area contributed by atoms with Crippen LogP contribution in [0.15, 0.2) is 18.3 Å². The van der Waals surface area contributed by atoms with E-state index >= 15 is 0 Å². The number of morpholine rings is 1. The van der Waals surface area contributed by atoms with Gasteiger partial charge in [0.05, 0.1) is 19.8 Å². The SMILES string of the molecule is COCCNCc1ccc(N2CCOCC2)nc1. The van der Waals surface area contributed by atoms with Crippen LogP contribution in [-0.2, 0) is 16.0 Å². The number of methoxy groups -OCH3 is 1. The highest BCUT2D eigenvalue weighted by molar-refractivity contribution is 5.39. The van der Waals surface area contributed by atoms with Crippen molar-refractivity contribution in [2.24, 2.45) is 0 Å². The average molecular weight is 251 g/mol. The zero-order valence-electron chi connectivity index (χ0n) is 10.9. The van der Waals surface area contributed by atoms with E-state index in [1.165, 1.54) is 5.56 Å². The number of hydrogen-bond donors (Lipinski definition) is 1. The Balaban J connectivity index is 1.81. The molecule has 0 unspecified atom stereocenters. The van der Waals surface area contributed by atoms with E-state index in [1.807, 2.05) is 6.20 Å². The van der Waals surface area contributed by atoms with Gasteiger partial charge >= 0.3 is 0 Å². The normalized spacial score (nSPS) is 15.9. The molecule has 0 spiro atoms. The molecule has 0 bridgehead atoms. The van der Waals surface area contributed by atoms with Gasteiger partial charge in [0.25, 0.3) is 0 Å². The molecule has 1 saturated heterocycles. The molecular formula is C13H21N3O2. The molecule has 1 fully saturated rings. The van der Waals surface area contributed by atoms with Crippen molar-refractivity contribution in [2.75, 3.05) is 51.5 Å². The maximum Gasteiger partial charge on any atom is 0.128 e. The van der Waals surface area contributed by atoms with Crippen LogP contribution in [0.1, 0.15) is 5.56 Å². The summed E-state index contributed by atoms with van der Waals surface area (Å²) in [4.78, 5) is 6.76. The van der Waals surface area contributed by atoms with Crippen LogP contribution in [0.2, 0.25) is 0 Å². The fourth-order valence-electron chi connectivity index (χ4n) is 1.91. The Labute approximate surface area is 108 Å². The third-order valence-corrected chi connectivity index (χ3v) is 2.96. The molecule has 5 nitrogen and oxygen atoms in total. The maximum absolute atomic E-state index is 5.33. The number of nitrogens with zero attached hydrogens (tertiary/aromatic N) is 2. The van der Waals surface area contributed by atoms with Gasteiger partial charge in [-0.1, -0.05) is 6.07 Å². The number of rotatable bonds is 6. The van der Waals surface area contributed by atoms with Gasteiger partial charge in [0.1, 0.15) is 5.82 Å². The van der Waals surface area contributed by atoms with Crippen molar-refractivity contribution in [1.82, 2.24) is 10.3 Å². The van der Waals surface area contributed by atoms with Gasteiger partial charge < -0.3 is 19.7 Å². The molecule has 2 rings (SSSR count). The van der Waals surface area contributed by atoms with Crippen molar-refractivity contribution < 1.29 is 9.47 Å². The Bertz CT molecular complexity index is 337. The van der Waals surface area contributed by atoms with Gasteiger partial charge in [-0.05, 0) is 11.6 Å². The maximum atomic E-state index is 5.33. The van der Waals surface area contributed by atoms with Gasteiger partial charge in [0.15, 0.2) is 0 Å². The molecule has 0 radical (unpaired) electrons. The molecule has 1 aliphatic heterocycles. The number of nitrogens with one attached hydrogen (secondary N) is 1. The second kappa shape index (κ2) is 7.31. The Kier molecular flexibility index (Phi) is 5.38. The smallest absolute Gasteiger partial charge is 0.128 e. The molecule has 1 N–H and O–H groups in total. The second-order valence-electron chi connectivity index (χ2n) is 4.29. The van der Waals surface area contributed by atoms with E-state index in [-0.39, 0.29) is 0 Å². The molecule has 0 atom stereocenters. The third-order valence-electron chi connectivity index (χ3n) is 2.96. The van der Waals surface area contributed by atoms with Gasteiger partial charge in [0, 0.05) is 39.5 Å². The number of hydrogen-bond acceptors (Lipinski definition) is 5. The van der Waals surface area contributed by atoms with Gasteiger partial charge in [-0.15, -0.1) is 0 Å². The van der Waals surface area contributed by atoms with E-state index < -0.39 is 0 Å². The molecule has 5 heteroatoms. The Morgan fingerprint density at radius 2 is 2.22 bits per heavy atom. The van der Waals surface area contributed by atoms with E-state index in [0.717, 1.165) is 51.8 Å². The first-order chi connectivity index (χ1) is 8.90. The quantitative estimate of drug-likeness (QED) is 0.752. The van der Waals surface area contributed by atoms with Crippen molar-refractivity contribution >= 4 is 5.82 Å². The lowest BCUT2D eigenvalue weighted by molar-refractivity contribution is 0.122. The lowest BCUT2D eigenvalue weighted by atomic mass is 10.2. The fraction of sp³-hybridized carbons (Fsp3) is 0.615. The summed E-state index contributed by atoms with van der Waals surface area (Å²) >= 11 is 0. The summed E-state index contributed by atoms with van der Waals surface area (Å²) in [6, 6.07) is 4.20. The Morgan fingerprint density at radius 1 is 1.39 bits per heavy atom. The second-order valence-corrected chi connectivity index (χ2v) is 4.29. The van der Waals surface area contributed by atoms with Crippen LogP contribution in [0.4, 0.5) is 5.82 Å². The predicted octanol–water partition coefficient (Wildman–Crippen LogP) is 0.654. The van der Waals surface area contributed by atoms with Gasteiger partial charge in [-0.2, -0.15) is 0 Å². The van der Waals surface area contributed by atoms with Crippen LogP contribution in [0, 0.1) is 0 Å². The summed E-state index contributed by atoms with van der Waals surface area (Å²) in [5.41, 5.74) is 1.20. The molecule has 0 amide bonds. The van der Waals surface area contributed by atoms with Crippen LogP contribution in [0.5, 0.6) is 0 Å². The van der Waals surface area contributed by atoms with Crippen molar-refractivity contribution in [3.05, 3.63) is 23.9 Å². The van der Waals surface area contributed by atoms with E-state index in [4.69, 9.17) is 9.47 Å². The molecule has 2 heterocycles. The minimum atomic E-state index is 0.735. The molecular weight excluding hydrogens is 230 g/mol. The Hall–Kier alpha value is -1.17. The molecule has 0 saturated carbocycles. The average Bonchev–Trinajstić information content (AvgIpc) is 2.45. The van der Waals surface area contributed by atoms with Crippen LogP contribution in [0.25, 0.3) is 0 Å². The predicted molar refractivity (Wildman–Crippen MR) is 70.9 cm³/mol. The molecule has 1 aromatic rings. The van der Waals surface area contributed by atoms with E-state index in [0.29, 0.717) is 0 Å². The summed E-state index contributed by atoms with van der Waals surface area (Å²) in [5, 5.41) is 3.30. The molecule has 18 heavy (non-hydrogen) atoms. The summed E-state index contributed by atoms with van der Waals surface area (Å²) in [7, 11) is 1.71. The number of ether oxygens (including phenoxy) is 2. The van der Waals surface area contributed by atoms with Crippen molar-refractivity contribution in [3.8, 4) is 0 Å². The van der Waals surface area contributed by atoms with Gasteiger partial charge in [-0.25, -0.2) is 4.98 Å². The molecule has 0 aliphatic carbocycles. The van der Waals surface area contributed by atoms with E-state index in [1.54, 1.807) is 7.11 Å². The van der Waals surface area contributed by atoms with Gasteiger partial charge in [-0.3, -0.25) is 0 Å². The van der Waals surface area contributed by atoms with Crippen LogP contribution in [0.3, 0.4) is 0 Å². The first-order valence-corrected chi connectivity index (χ1v) is 6.37. The molecule has 100 valence electrons. The monoisotopic (exact) mass is 251 g/mol. The van der Waals surface area contributed by atoms with E-state index in [2.05, 4.69) is 27.3 Å². The summed E-state index contributed by atoms with van der Waals surface area (Å²) in [6.07, 6.45) is 1.94. The van der Waals surface area contributed by atoms with Crippen molar-refractivity contribution in [2.45, 2.75) is 6.54 Å². The van der Waals surface area contributed by atoms with Crippen molar-refractivity contribution in [3.63, 3.8) is 0 Å². The number of pyridine rings is 1. The zero-order valence-corrected chi connectivity index (χ0v) is 10.9. The first kappa shape index (κ1) is 13.3. The number of aromatic nitrogens is 1. The fourth-order valence-corrected chi connectivity index (χ4v) is 1.91. The minimum Gasteiger partial charge on any atom is -0.383 e. The third kappa shape index (κ3) is 3.94. The Morgan fingerprint density at radius 3 is 2.89 bits per heavy atom. The van der Waals surface area contributed by atoms with Crippen LogP contribution < -0.4 is 10.2 Å². The summed E-state index contributed by atoms with van der Waals surface area (Å²) in [6.45, 7) is 5.88. The van der Waals surface area contributed by atoms with Crippen molar-refractivity contribution in [1.29, 1.82) is 0 Å².